The summed E-state index contributed by atoms with van der Waals surface area (Å²) in [6.45, 7) is 4.28. The fourth-order valence-corrected chi connectivity index (χ4v) is 0.159. The van der Waals surface area contributed by atoms with Crippen molar-refractivity contribution in [2.45, 2.75) is 13.8 Å². The maximum absolute atomic E-state index is 4.65. The zero-order valence-electron chi connectivity index (χ0n) is 4.62. The van der Waals surface area contributed by atoms with Crippen LogP contribution in [0.2, 0.25) is 0 Å². The van der Waals surface area contributed by atoms with Gasteiger partial charge in [-0.05, 0) is 13.8 Å². The molecule has 0 heterocycles. The summed E-state index contributed by atoms with van der Waals surface area (Å²) in [5.74, 6) is 2.62. The molecule has 0 rings (SSSR count). The summed E-state index contributed by atoms with van der Waals surface area (Å²) in [4.78, 5) is 4.65. The van der Waals surface area contributed by atoms with Gasteiger partial charge < -0.3 is 0 Å². The predicted molar refractivity (Wildman–Crippen MR) is 28.2 cm³/mol. The van der Waals surface area contributed by atoms with Crippen molar-refractivity contribution < 1.29 is 4.84 Å². The first-order valence-corrected chi connectivity index (χ1v) is 2.20. The number of hydroxylamine groups is 1. The lowest BCUT2D eigenvalue weighted by atomic mass is 10.8. The Labute approximate surface area is 43.8 Å². The van der Waals surface area contributed by atoms with Gasteiger partial charge >= 0.3 is 0 Å². The third-order valence-corrected chi connectivity index (χ3v) is 0.393. The van der Waals surface area contributed by atoms with Gasteiger partial charge in [-0.15, -0.1) is 0 Å². The molecule has 1 N–H and O–H groups in total. The van der Waals surface area contributed by atoms with Gasteiger partial charge in [0.05, 0.1) is 6.61 Å². The minimum absolute atomic E-state index is 0.648. The van der Waals surface area contributed by atoms with Crippen LogP contribution in [0, 0.1) is 12.0 Å². The molecule has 0 spiro atoms. The van der Waals surface area contributed by atoms with Crippen molar-refractivity contribution in [2.24, 2.45) is 0 Å². The average molecular weight is 99.1 g/mol. The smallest absolute Gasteiger partial charge is 0.0725 e. The van der Waals surface area contributed by atoms with Crippen LogP contribution in [0.5, 0.6) is 0 Å². The Bertz CT molecular complexity index is 79.8. The molecule has 40 valence electrons. The Morgan fingerprint density at radius 3 is 2.86 bits per heavy atom. The largest absolute Gasteiger partial charge is 0.269 e. The van der Waals surface area contributed by atoms with Crippen LogP contribution in [0.25, 0.3) is 0 Å². The van der Waals surface area contributed by atoms with Gasteiger partial charge in [-0.25, -0.2) is 5.48 Å². The Balaban J connectivity index is 2.78. The summed E-state index contributed by atoms with van der Waals surface area (Å²) in [7, 11) is 0. The summed E-state index contributed by atoms with van der Waals surface area (Å²) in [6.07, 6.45) is 0. The van der Waals surface area contributed by atoms with Crippen LogP contribution in [0.15, 0.2) is 0 Å². The second-order valence-corrected chi connectivity index (χ2v) is 0.910. The van der Waals surface area contributed by atoms with E-state index in [0.717, 1.165) is 0 Å². The first-order chi connectivity index (χ1) is 3.41. The summed E-state index contributed by atoms with van der Waals surface area (Å²) in [5, 5.41) is 0. The number of nitrogens with one attached hydrogen (secondary N) is 1. The predicted octanol–water partition coefficient (Wildman–Crippen LogP) is 0.508. The highest BCUT2D eigenvalue weighted by Gasteiger charge is 1.65. The molecular weight excluding hydrogens is 90.1 g/mol. The molecule has 0 aliphatic rings. The molecule has 2 nitrogen and oxygen atoms in total. The van der Waals surface area contributed by atoms with Crippen LogP contribution in [0.1, 0.15) is 13.8 Å². The van der Waals surface area contributed by atoms with Crippen molar-refractivity contribution in [1.82, 2.24) is 5.48 Å². The molecule has 0 saturated heterocycles. The van der Waals surface area contributed by atoms with Crippen LogP contribution in [-0.2, 0) is 4.84 Å². The van der Waals surface area contributed by atoms with E-state index in [0.29, 0.717) is 6.61 Å². The zero-order valence-corrected chi connectivity index (χ0v) is 4.62. The molecule has 0 aliphatic carbocycles. The summed E-state index contributed by atoms with van der Waals surface area (Å²) < 4.78 is 0. The van der Waals surface area contributed by atoms with E-state index in [1.54, 1.807) is 6.92 Å². The minimum atomic E-state index is 0.648. The highest BCUT2D eigenvalue weighted by atomic mass is 16.6. The number of hydrogen-bond acceptors (Lipinski definition) is 2. The Morgan fingerprint density at radius 2 is 2.43 bits per heavy atom. The van der Waals surface area contributed by atoms with Crippen molar-refractivity contribution in [3.63, 3.8) is 0 Å². The van der Waals surface area contributed by atoms with Gasteiger partial charge in [0.25, 0.3) is 0 Å². The lowest BCUT2D eigenvalue weighted by Crippen LogP contribution is -2.05. The molecule has 2 heteroatoms. The third kappa shape index (κ3) is 5.32. The maximum Gasteiger partial charge on any atom is 0.0725 e. The molecule has 0 aromatic carbocycles. The minimum Gasteiger partial charge on any atom is -0.269 e. The number of rotatable bonds is 2. The normalized spacial score (nSPS) is 6.57. The van der Waals surface area contributed by atoms with Crippen molar-refractivity contribution in [3.05, 3.63) is 0 Å². The molecule has 0 saturated carbocycles. The SMILES string of the molecule is CC#CNOCC. The van der Waals surface area contributed by atoms with Crippen LogP contribution in [-0.4, -0.2) is 6.61 Å². The van der Waals surface area contributed by atoms with E-state index in [1.165, 1.54) is 0 Å². The van der Waals surface area contributed by atoms with Crippen LogP contribution >= 0.6 is 0 Å². The standard InChI is InChI=1S/C5H9NO/c1-3-5-6-7-4-2/h6H,4H2,1-2H3. The van der Waals surface area contributed by atoms with E-state index in [2.05, 4.69) is 22.3 Å². The van der Waals surface area contributed by atoms with Gasteiger partial charge in [0.1, 0.15) is 0 Å². The number of hydrogen-bond donors (Lipinski definition) is 1. The quantitative estimate of drug-likeness (QED) is 0.236. The lowest BCUT2D eigenvalue weighted by molar-refractivity contribution is 0.0897. The second-order valence-electron chi connectivity index (χ2n) is 0.910. The first-order valence-electron chi connectivity index (χ1n) is 2.20. The summed E-state index contributed by atoms with van der Waals surface area (Å²) >= 11 is 0. The maximum atomic E-state index is 4.65. The highest BCUT2D eigenvalue weighted by molar-refractivity contribution is 4.89. The Hall–Kier alpha value is -0.680. The van der Waals surface area contributed by atoms with Crippen LogP contribution in [0.4, 0.5) is 0 Å². The first kappa shape index (κ1) is 6.32. The molecule has 0 radical (unpaired) electrons. The van der Waals surface area contributed by atoms with Gasteiger partial charge in [0.2, 0.25) is 0 Å². The van der Waals surface area contributed by atoms with Gasteiger partial charge in [0.15, 0.2) is 0 Å². The second kappa shape index (κ2) is 5.32. The summed E-state index contributed by atoms with van der Waals surface area (Å²) in [6, 6.07) is 2.53. The molecule has 7 heavy (non-hydrogen) atoms. The Kier molecular flexibility index (Phi) is 4.80. The van der Waals surface area contributed by atoms with Crippen LogP contribution in [0.3, 0.4) is 0 Å². The molecule has 0 atom stereocenters. The average Bonchev–Trinajstić information content (AvgIpc) is 1.69. The van der Waals surface area contributed by atoms with Crippen molar-refractivity contribution >= 4 is 0 Å². The van der Waals surface area contributed by atoms with E-state index >= 15 is 0 Å². The van der Waals surface area contributed by atoms with Crippen molar-refractivity contribution in [1.29, 1.82) is 0 Å². The molecule has 0 amide bonds. The highest BCUT2D eigenvalue weighted by Crippen LogP contribution is 1.57. The van der Waals surface area contributed by atoms with E-state index in [1.807, 2.05) is 6.92 Å². The van der Waals surface area contributed by atoms with E-state index in [4.69, 9.17) is 0 Å². The topological polar surface area (TPSA) is 21.3 Å². The van der Waals surface area contributed by atoms with Gasteiger partial charge in [0, 0.05) is 6.04 Å². The fourth-order valence-electron chi connectivity index (χ4n) is 0.159. The molecule has 0 aromatic heterocycles. The van der Waals surface area contributed by atoms with Gasteiger partial charge in [-0.2, -0.15) is 0 Å². The molecular formula is C5H9NO. The van der Waals surface area contributed by atoms with E-state index in [-0.39, 0.29) is 0 Å². The molecule has 0 bridgehead atoms. The third-order valence-electron chi connectivity index (χ3n) is 0.393. The van der Waals surface area contributed by atoms with E-state index < -0.39 is 0 Å². The van der Waals surface area contributed by atoms with Crippen molar-refractivity contribution in [3.8, 4) is 12.0 Å². The van der Waals surface area contributed by atoms with Gasteiger partial charge in [-0.3, -0.25) is 4.84 Å². The van der Waals surface area contributed by atoms with Gasteiger partial charge in [-0.1, -0.05) is 5.92 Å². The van der Waals surface area contributed by atoms with E-state index in [9.17, 15) is 0 Å². The zero-order chi connectivity index (χ0) is 5.54. The fraction of sp³-hybridized carbons (Fsp3) is 0.600. The monoisotopic (exact) mass is 99.1 g/mol. The van der Waals surface area contributed by atoms with Crippen LogP contribution < -0.4 is 5.48 Å². The van der Waals surface area contributed by atoms with Crippen molar-refractivity contribution in [2.75, 3.05) is 6.61 Å². The molecule has 0 aromatic rings. The molecule has 0 unspecified atom stereocenters. The lowest BCUT2D eigenvalue weighted by Gasteiger charge is -1.90. The Morgan fingerprint density at radius 1 is 1.71 bits per heavy atom. The molecule has 0 fully saturated rings. The molecule has 0 aliphatic heterocycles. The summed E-state index contributed by atoms with van der Waals surface area (Å²) in [5.41, 5.74) is 2.42.